The molecule has 0 atom stereocenters. The summed E-state index contributed by atoms with van der Waals surface area (Å²) >= 11 is 3.52. The van der Waals surface area contributed by atoms with Crippen LogP contribution in [-0.4, -0.2) is 32.5 Å². The van der Waals surface area contributed by atoms with Gasteiger partial charge in [-0.25, -0.2) is 0 Å². The van der Waals surface area contributed by atoms with Gasteiger partial charge in [-0.15, -0.1) is 0 Å². The van der Waals surface area contributed by atoms with Crippen LogP contribution >= 0.6 is 15.9 Å². The molecular formula is C13H20BrNO3. The minimum absolute atomic E-state index is 0.252. The van der Waals surface area contributed by atoms with E-state index >= 15 is 0 Å². The molecule has 18 heavy (non-hydrogen) atoms. The smallest absolute Gasteiger partial charge is 0.161 e. The van der Waals surface area contributed by atoms with E-state index in [1.54, 1.807) is 14.2 Å². The van der Waals surface area contributed by atoms with E-state index in [9.17, 15) is 0 Å². The third-order valence-electron chi connectivity index (χ3n) is 2.63. The van der Waals surface area contributed by atoms with Crippen molar-refractivity contribution in [3.8, 4) is 11.5 Å². The third-order valence-corrected chi connectivity index (χ3v) is 3.37. The Kier molecular flexibility index (Phi) is 7.08. The molecule has 0 heterocycles. The minimum atomic E-state index is 0.252. The van der Waals surface area contributed by atoms with Crippen LogP contribution in [-0.2, 0) is 6.54 Å². The Labute approximate surface area is 116 Å². The number of aliphatic hydroxyl groups is 1. The maximum atomic E-state index is 8.69. The zero-order chi connectivity index (χ0) is 13.4. The van der Waals surface area contributed by atoms with Crippen molar-refractivity contribution in [1.29, 1.82) is 0 Å². The second-order valence-electron chi connectivity index (χ2n) is 3.91. The Hall–Kier alpha value is -0.780. The maximum Gasteiger partial charge on any atom is 0.161 e. The molecule has 1 rings (SSSR count). The van der Waals surface area contributed by atoms with Crippen molar-refractivity contribution in [2.24, 2.45) is 0 Å². The van der Waals surface area contributed by atoms with Crippen LogP contribution in [0.5, 0.6) is 11.5 Å². The number of aliphatic hydroxyl groups excluding tert-OH is 1. The lowest BCUT2D eigenvalue weighted by Gasteiger charge is -2.12. The van der Waals surface area contributed by atoms with Crippen molar-refractivity contribution in [3.05, 3.63) is 22.2 Å². The molecule has 0 aromatic heterocycles. The molecule has 5 heteroatoms. The van der Waals surface area contributed by atoms with Crippen molar-refractivity contribution >= 4 is 15.9 Å². The second-order valence-corrected chi connectivity index (χ2v) is 4.76. The highest BCUT2D eigenvalue weighted by Gasteiger charge is 2.08. The number of unbranched alkanes of at least 4 members (excludes halogenated alkanes) is 1. The largest absolute Gasteiger partial charge is 0.493 e. The first-order valence-corrected chi connectivity index (χ1v) is 6.74. The van der Waals surface area contributed by atoms with Gasteiger partial charge in [-0.1, -0.05) is 15.9 Å². The second kappa shape index (κ2) is 8.34. The predicted molar refractivity (Wildman–Crippen MR) is 75.3 cm³/mol. The molecule has 0 aliphatic carbocycles. The SMILES string of the molecule is COc1cc(Br)c(CNCCCCO)cc1OC. The first-order valence-electron chi connectivity index (χ1n) is 5.95. The van der Waals surface area contributed by atoms with Gasteiger partial charge in [-0.2, -0.15) is 0 Å². The molecule has 0 aliphatic rings. The van der Waals surface area contributed by atoms with Crippen molar-refractivity contribution in [2.45, 2.75) is 19.4 Å². The van der Waals surface area contributed by atoms with Crippen LogP contribution < -0.4 is 14.8 Å². The summed E-state index contributed by atoms with van der Waals surface area (Å²) in [5.74, 6) is 1.45. The zero-order valence-corrected chi connectivity index (χ0v) is 12.4. The van der Waals surface area contributed by atoms with E-state index in [1.165, 1.54) is 0 Å². The molecular weight excluding hydrogens is 298 g/mol. The maximum absolute atomic E-state index is 8.69. The summed E-state index contributed by atoms with van der Waals surface area (Å²) < 4.78 is 11.5. The fourth-order valence-electron chi connectivity index (χ4n) is 1.62. The Morgan fingerprint density at radius 1 is 1.17 bits per heavy atom. The molecule has 0 amide bonds. The molecule has 1 aromatic rings. The van der Waals surface area contributed by atoms with E-state index in [4.69, 9.17) is 14.6 Å². The molecule has 1 aromatic carbocycles. The lowest BCUT2D eigenvalue weighted by Crippen LogP contribution is -2.15. The van der Waals surface area contributed by atoms with Crippen LogP contribution in [0.25, 0.3) is 0 Å². The first-order chi connectivity index (χ1) is 8.72. The fourth-order valence-corrected chi connectivity index (χ4v) is 2.08. The number of methoxy groups -OCH3 is 2. The number of nitrogens with one attached hydrogen (secondary N) is 1. The van der Waals surface area contributed by atoms with E-state index < -0.39 is 0 Å². The van der Waals surface area contributed by atoms with Gasteiger partial charge in [-0.05, 0) is 37.1 Å². The summed E-state index contributed by atoms with van der Waals surface area (Å²) in [6, 6.07) is 3.87. The molecule has 0 aliphatic heterocycles. The van der Waals surface area contributed by atoms with Gasteiger partial charge in [-0.3, -0.25) is 0 Å². The van der Waals surface area contributed by atoms with Crippen molar-refractivity contribution in [1.82, 2.24) is 5.32 Å². The standard InChI is InChI=1S/C13H20BrNO3/c1-17-12-7-10(9-15-5-3-4-6-16)11(14)8-13(12)18-2/h7-8,15-16H,3-6,9H2,1-2H3. The van der Waals surface area contributed by atoms with Crippen LogP contribution in [0.4, 0.5) is 0 Å². The van der Waals surface area contributed by atoms with Crippen LogP contribution in [0.3, 0.4) is 0 Å². The van der Waals surface area contributed by atoms with Gasteiger partial charge in [0, 0.05) is 17.6 Å². The molecule has 0 fully saturated rings. The van der Waals surface area contributed by atoms with E-state index in [0.717, 1.165) is 41.7 Å². The molecule has 0 saturated heterocycles. The minimum Gasteiger partial charge on any atom is -0.493 e. The highest BCUT2D eigenvalue weighted by atomic mass is 79.9. The van der Waals surface area contributed by atoms with E-state index in [0.29, 0.717) is 5.75 Å². The molecule has 0 saturated carbocycles. The summed E-state index contributed by atoms with van der Waals surface area (Å²) in [5.41, 5.74) is 1.12. The normalized spacial score (nSPS) is 10.4. The summed E-state index contributed by atoms with van der Waals surface area (Å²) in [5, 5.41) is 12.0. The van der Waals surface area contributed by atoms with Crippen LogP contribution in [0.1, 0.15) is 18.4 Å². The van der Waals surface area contributed by atoms with Gasteiger partial charge >= 0.3 is 0 Å². The molecule has 102 valence electrons. The van der Waals surface area contributed by atoms with Gasteiger partial charge in [0.25, 0.3) is 0 Å². The molecule has 0 radical (unpaired) electrons. The highest BCUT2D eigenvalue weighted by molar-refractivity contribution is 9.10. The predicted octanol–water partition coefficient (Wildman–Crippen LogP) is 2.33. The average Bonchev–Trinajstić information content (AvgIpc) is 2.39. The number of hydrogen-bond donors (Lipinski definition) is 2. The zero-order valence-electron chi connectivity index (χ0n) is 10.8. The van der Waals surface area contributed by atoms with Gasteiger partial charge in [0.15, 0.2) is 11.5 Å². The Balaban J connectivity index is 2.59. The van der Waals surface area contributed by atoms with Gasteiger partial charge in [0.2, 0.25) is 0 Å². The van der Waals surface area contributed by atoms with Crippen molar-refractivity contribution < 1.29 is 14.6 Å². The lowest BCUT2D eigenvalue weighted by molar-refractivity contribution is 0.283. The van der Waals surface area contributed by atoms with Gasteiger partial charge in [0.1, 0.15) is 0 Å². The monoisotopic (exact) mass is 317 g/mol. The number of hydrogen-bond acceptors (Lipinski definition) is 4. The Bertz CT molecular complexity index is 371. The molecule has 2 N–H and O–H groups in total. The molecule has 4 nitrogen and oxygen atoms in total. The van der Waals surface area contributed by atoms with Gasteiger partial charge < -0.3 is 19.9 Å². The summed E-state index contributed by atoms with van der Waals surface area (Å²) in [6.07, 6.45) is 1.81. The Morgan fingerprint density at radius 3 is 2.44 bits per heavy atom. The van der Waals surface area contributed by atoms with Crippen LogP contribution in [0.2, 0.25) is 0 Å². The molecule has 0 spiro atoms. The number of ether oxygens (including phenoxy) is 2. The summed E-state index contributed by atoms with van der Waals surface area (Å²) in [7, 11) is 3.25. The van der Waals surface area contributed by atoms with Crippen molar-refractivity contribution in [2.75, 3.05) is 27.4 Å². The quantitative estimate of drug-likeness (QED) is 0.723. The lowest BCUT2D eigenvalue weighted by atomic mass is 10.2. The number of rotatable bonds is 8. The average molecular weight is 318 g/mol. The summed E-state index contributed by atoms with van der Waals surface area (Å²) in [4.78, 5) is 0. The van der Waals surface area contributed by atoms with E-state index in [1.807, 2.05) is 12.1 Å². The highest BCUT2D eigenvalue weighted by Crippen LogP contribution is 2.33. The topological polar surface area (TPSA) is 50.7 Å². The number of benzene rings is 1. The van der Waals surface area contributed by atoms with Crippen molar-refractivity contribution in [3.63, 3.8) is 0 Å². The first kappa shape index (κ1) is 15.3. The van der Waals surface area contributed by atoms with Crippen LogP contribution in [0.15, 0.2) is 16.6 Å². The van der Waals surface area contributed by atoms with Crippen LogP contribution in [0, 0.1) is 0 Å². The molecule has 0 unspecified atom stereocenters. The summed E-state index contributed by atoms with van der Waals surface area (Å²) in [6.45, 7) is 1.90. The fraction of sp³-hybridized carbons (Fsp3) is 0.538. The Morgan fingerprint density at radius 2 is 1.83 bits per heavy atom. The molecule has 0 bridgehead atoms. The number of halogens is 1. The third kappa shape index (κ3) is 4.48. The van der Waals surface area contributed by atoms with E-state index in [2.05, 4.69) is 21.2 Å². The van der Waals surface area contributed by atoms with E-state index in [-0.39, 0.29) is 6.61 Å². The van der Waals surface area contributed by atoms with Gasteiger partial charge in [0.05, 0.1) is 14.2 Å².